The van der Waals surface area contributed by atoms with Gasteiger partial charge in [0.1, 0.15) is 7.05 Å². The van der Waals surface area contributed by atoms with E-state index >= 15 is 0 Å². The van der Waals surface area contributed by atoms with Gasteiger partial charge in [-0.3, -0.25) is 18.2 Å². The van der Waals surface area contributed by atoms with Crippen LogP contribution >= 0.6 is 0 Å². The number of hydrogen-bond donors (Lipinski definition) is 9. The fourth-order valence-corrected chi connectivity index (χ4v) is 13.5. The minimum absolute atomic E-state index is 0.112. The Kier molecular flexibility index (Phi) is 13.7. The van der Waals surface area contributed by atoms with E-state index in [1.165, 1.54) is 0 Å². The van der Waals surface area contributed by atoms with Crippen molar-refractivity contribution in [2.45, 2.75) is 81.9 Å². The van der Waals surface area contributed by atoms with Gasteiger partial charge in [0.15, 0.2) is 5.71 Å². The van der Waals surface area contributed by atoms with Gasteiger partial charge in [-0.2, -0.15) is 38.2 Å². The molecule has 22 heteroatoms. The van der Waals surface area contributed by atoms with Crippen LogP contribution in [0.5, 0.6) is 0 Å². The zero-order valence-corrected chi connectivity index (χ0v) is 41.2. The smallest absolute Gasteiger partial charge is 0.294 e. The summed E-state index contributed by atoms with van der Waals surface area (Å²) in [6.07, 6.45) is 4.65. The molecule has 8 rings (SSSR count). The van der Waals surface area contributed by atoms with E-state index in [1.54, 1.807) is 18.2 Å². The first-order valence-electron chi connectivity index (χ1n) is 22.2. The Morgan fingerprint density at radius 1 is 0.500 bits per heavy atom. The van der Waals surface area contributed by atoms with E-state index in [-0.39, 0.29) is 40.7 Å². The number of aliphatic hydroxyl groups is 5. The lowest BCUT2D eigenvalue weighted by atomic mass is 9.72. The molecule has 1 aromatic rings. The highest BCUT2D eigenvalue weighted by atomic mass is 32.2. The summed E-state index contributed by atoms with van der Waals surface area (Å²) in [6.45, 7) is 4.10. The van der Waals surface area contributed by atoms with Crippen LogP contribution < -0.4 is 0 Å². The quantitative estimate of drug-likeness (QED) is 0.144. The average Bonchev–Trinajstić information content (AvgIpc) is 3.44. The molecular weight excluding hydrogens is 991 g/mol. The maximum absolute atomic E-state index is 12.8. The van der Waals surface area contributed by atoms with Crippen LogP contribution in [-0.4, -0.2) is 125 Å². The Morgan fingerprint density at radius 3 is 1.29 bits per heavy atom. The first-order valence-corrected chi connectivity index (χ1v) is 28.0. The molecule has 9 N–H and O–H groups in total. The van der Waals surface area contributed by atoms with E-state index in [1.807, 2.05) is 42.0 Å². The first kappa shape index (κ1) is 51.8. The Balaban J connectivity index is 1.30. The van der Waals surface area contributed by atoms with Crippen LogP contribution in [0.4, 0.5) is 5.69 Å². The molecule has 10 unspecified atom stereocenters. The normalized spacial score (nSPS) is 31.9. The van der Waals surface area contributed by atoms with Crippen LogP contribution in [0.15, 0.2) is 150 Å². The molecule has 0 aromatic heterocycles. The lowest BCUT2D eigenvalue weighted by molar-refractivity contribution is -0.401. The van der Waals surface area contributed by atoms with Gasteiger partial charge in [-0.05, 0) is 110 Å². The number of allylic oxidation sites excluding steroid dienone is 8. The number of rotatable bonds is 6. The fraction of sp³-hybridized carbons (Fsp3) is 0.396. The molecule has 1 aliphatic heterocycles. The first-order chi connectivity index (χ1) is 32.4. The van der Waals surface area contributed by atoms with Crippen LogP contribution in [0.25, 0.3) is 0 Å². The lowest BCUT2D eigenvalue weighted by Crippen LogP contribution is -2.36. The molecule has 7 aliphatic rings. The molecule has 10 bridgehead atoms. The Morgan fingerprint density at radius 2 is 0.857 bits per heavy atom. The van der Waals surface area contributed by atoms with Gasteiger partial charge in [0.25, 0.3) is 40.5 Å². The minimum atomic E-state index is -5.07. The molecule has 0 spiro atoms. The molecule has 1 fully saturated rings. The lowest BCUT2D eigenvalue weighted by Gasteiger charge is -2.37. The standard InChI is InChI=1S/C48H53NO17S4/c1-48(2)40-6-4-5-7-41(40)49(3)42(48)9-8-25-10-26-12-28-17-36(67(55,56)57)19-30(44(28)51)14-32-21-38(69(61,62)63)23-34(46(32)53)16-35-24-39(70(64,65)66)22-33(47(35)54)15-31-20-37(68(58,59)60)18-29(45(31)52)13-27(11-25)43(26)50/h4-11,17-24,26,28-29,32-33,43-47,50-54H,12-16H2,1-3H3,(H3-,55,56,57,58,59,60,61,62,63,64,65,66)/p+1/b9-8+. The second-order valence-electron chi connectivity index (χ2n) is 19.4. The van der Waals surface area contributed by atoms with Crippen LogP contribution in [0.1, 0.15) is 51.5 Å². The summed E-state index contributed by atoms with van der Waals surface area (Å²) in [5.74, 6) is -6.11. The van der Waals surface area contributed by atoms with Crippen molar-refractivity contribution in [1.29, 1.82) is 0 Å². The molecule has 0 saturated heterocycles. The van der Waals surface area contributed by atoms with Crippen LogP contribution in [0.3, 0.4) is 0 Å². The molecule has 6 aliphatic carbocycles. The third kappa shape index (κ3) is 10.2. The van der Waals surface area contributed by atoms with Crippen molar-refractivity contribution < 1.29 is 82.0 Å². The van der Waals surface area contributed by atoms with Gasteiger partial charge in [-0.1, -0.05) is 54.7 Å². The second-order valence-corrected chi connectivity index (χ2v) is 25.1. The maximum atomic E-state index is 12.8. The summed E-state index contributed by atoms with van der Waals surface area (Å²) in [5, 5.41) is 60.1. The molecule has 10 atom stereocenters. The third-order valence-electron chi connectivity index (χ3n) is 14.4. The van der Waals surface area contributed by atoms with Gasteiger partial charge in [0.05, 0.1) is 55.6 Å². The Hall–Kier alpha value is -4.53. The average molecular weight is 1050 g/mol. The summed E-state index contributed by atoms with van der Waals surface area (Å²) >= 11 is 0. The van der Waals surface area contributed by atoms with Gasteiger partial charge in [0, 0.05) is 47.3 Å². The van der Waals surface area contributed by atoms with E-state index in [0.29, 0.717) is 5.57 Å². The number of nitrogens with zero attached hydrogens (tertiary/aromatic N) is 1. The van der Waals surface area contributed by atoms with Crippen molar-refractivity contribution in [2.75, 3.05) is 7.05 Å². The second kappa shape index (κ2) is 18.5. The van der Waals surface area contributed by atoms with Crippen molar-refractivity contribution in [3.05, 3.63) is 156 Å². The summed E-state index contributed by atoms with van der Waals surface area (Å²) in [5.41, 5.74) is 2.51. The zero-order valence-electron chi connectivity index (χ0n) is 37.9. The highest BCUT2D eigenvalue weighted by Gasteiger charge is 2.44. The summed E-state index contributed by atoms with van der Waals surface area (Å²) < 4.78 is 145. The largest absolute Gasteiger partial charge is 0.388 e. The number of benzene rings is 1. The molecule has 18 nitrogen and oxygen atoms in total. The van der Waals surface area contributed by atoms with Gasteiger partial charge in [-0.15, -0.1) is 0 Å². The van der Waals surface area contributed by atoms with Crippen molar-refractivity contribution >= 4 is 51.9 Å². The molecule has 1 saturated carbocycles. The van der Waals surface area contributed by atoms with E-state index in [2.05, 4.69) is 13.8 Å². The van der Waals surface area contributed by atoms with Crippen LogP contribution in [-0.2, 0) is 45.9 Å². The molecule has 70 heavy (non-hydrogen) atoms. The number of para-hydroxylation sites is 1. The summed E-state index contributed by atoms with van der Waals surface area (Å²) in [7, 11) is -18.3. The van der Waals surface area contributed by atoms with Gasteiger partial charge in [0.2, 0.25) is 5.69 Å². The highest BCUT2D eigenvalue weighted by molar-refractivity contribution is 7.90. The van der Waals surface area contributed by atoms with Crippen molar-refractivity contribution in [3.63, 3.8) is 0 Å². The molecule has 0 amide bonds. The molecular formula is C48H54NO17S4+. The van der Waals surface area contributed by atoms with Gasteiger partial charge in [-0.25, -0.2) is 0 Å². The summed E-state index contributed by atoms with van der Waals surface area (Å²) in [6, 6.07) is 7.85. The third-order valence-corrected chi connectivity index (χ3v) is 17.8. The van der Waals surface area contributed by atoms with Gasteiger partial charge < -0.3 is 25.5 Å². The van der Waals surface area contributed by atoms with E-state index in [9.17, 15) is 77.4 Å². The molecule has 0 radical (unpaired) electrons. The Bertz CT molecular complexity index is 3290. The number of fused-ring (bicyclic) bond motifs is 11. The molecule has 376 valence electrons. The molecule has 1 aromatic carbocycles. The van der Waals surface area contributed by atoms with Gasteiger partial charge >= 0.3 is 0 Å². The maximum Gasteiger partial charge on any atom is 0.294 e. The monoisotopic (exact) mass is 1040 g/mol. The predicted molar refractivity (Wildman–Crippen MR) is 257 cm³/mol. The fourth-order valence-electron chi connectivity index (χ4n) is 10.9. The number of hydrogen-bond acceptors (Lipinski definition) is 13. The SMILES string of the molecule is C[N+]1=C(/C=C/C2=CC3CC4C=C(S(=O)(=O)O)C=C(CC5C=C(S(=O)(=O)O)C=C(CC6=CC(S(=O)(=O)O)=CC(CC7=CC(S(=O)(=O)O)=CC(CC(=C2)C3O)C7O)C6O)C5O)C4O)C(C)(C)c2ccccc21. The van der Waals surface area contributed by atoms with Crippen LogP contribution in [0, 0.1) is 29.6 Å². The van der Waals surface area contributed by atoms with E-state index < -0.39 is 145 Å². The minimum Gasteiger partial charge on any atom is -0.388 e. The Labute approximate surface area is 406 Å². The van der Waals surface area contributed by atoms with E-state index in [0.717, 1.165) is 65.6 Å². The highest BCUT2D eigenvalue weighted by Crippen LogP contribution is 2.45. The molecule has 1 heterocycles. The van der Waals surface area contributed by atoms with Crippen molar-refractivity contribution in [1.82, 2.24) is 0 Å². The predicted octanol–water partition coefficient (Wildman–Crippen LogP) is 3.81. The van der Waals surface area contributed by atoms with Crippen LogP contribution in [0.2, 0.25) is 0 Å². The topological polar surface area (TPSA) is 322 Å². The zero-order chi connectivity index (χ0) is 51.2. The summed E-state index contributed by atoms with van der Waals surface area (Å²) in [4.78, 5) is -2.84. The van der Waals surface area contributed by atoms with Crippen molar-refractivity contribution in [2.24, 2.45) is 29.6 Å². The number of aliphatic hydroxyl groups excluding tert-OH is 5. The van der Waals surface area contributed by atoms with Crippen molar-refractivity contribution in [3.8, 4) is 0 Å². The van der Waals surface area contributed by atoms with E-state index in [4.69, 9.17) is 0 Å².